The van der Waals surface area contributed by atoms with E-state index >= 15 is 0 Å². The predicted octanol–water partition coefficient (Wildman–Crippen LogP) is 3.10. The van der Waals surface area contributed by atoms with Crippen LogP contribution in [0.5, 0.6) is 0 Å². The zero-order valence-corrected chi connectivity index (χ0v) is 14.4. The minimum Gasteiger partial charge on any atom is -0.347 e. The minimum absolute atomic E-state index is 0.149. The van der Waals surface area contributed by atoms with Crippen LogP contribution in [0.1, 0.15) is 60.8 Å². The molecule has 0 aromatic heterocycles. The number of nitrogens with one attached hydrogen (secondary N) is 2. The molecule has 120 valence electrons. The van der Waals surface area contributed by atoms with Crippen LogP contribution in [0.4, 0.5) is 0 Å². The van der Waals surface area contributed by atoms with Crippen LogP contribution >= 0.6 is 0 Å². The molecule has 21 heavy (non-hydrogen) atoms. The first kappa shape index (κ1) is 19.4. The van der Waals surface area contributed by atoms with Gasteiger partial charge in [0.15, 0.2) is 0 Å². The molecular weight excluding hydrogens is 264 g/mol. The Bertz CT molecular complexity index is 402. The summed E-state index contributed by atoms with van der Waals surface area (Å²) in [6.45, 7) is 18.7. The molecule has 0 aliphatic heterocycles. The van der Waals surface area contributed by atoms with Crippen LogP contribution in [0.2, 0.25) is 0 Å². The van der Waals surface area contributed by atoms with Crippen molar-refractivity contribution < 1.29 is 9.59 Å². The Morgan fingerprint density at radius 1 is 0.857 bits per heavy atom. The quantitative estimate of drug-likeness (QED) is 0.676. The molecule has 0 aromatic rings. The lowest BCUT2D eigenvalue weighted by molar-refractivity contribution is -0.120. The molecule has 2 N–H and O–H groups in total. The first-order valence-corrected chi connectivity index (χ1v) is 7.44. The lowest BCUT2D eigenvalue weighted by Crippen LogP contribution is -2.56. The van der Waals surface area contributed by atoms with E-state index in [0.29, 0.717) is 17.6 Å². The lowest BCUT2D eigenvalue weighted by Gasteiger charge is -2.40. The van der Waals surface area contributed by atoms with Gasteiger partial charge in [0.25, 0.3) is 0 Å². The van der Waals surface area contributed by atoms with E-state index in [1.165, 1.54) is 0 Å². The third kappa shape index (κ3) is 6.15. The molecule has 0 bridgehead atoms. The Hall–Kier alpha value is -1.58. The van der Waals surface area contributed by atoms with Crippen molar-refractivity contribution in [1.29, 1.82) is 0 Å². The van der Waals surface area contributed by atoms with E-state index in [0.717, 1.165) is 12.8 Å². The summed E-state index contributed by atoms with van der Waals surface area (Å²) in [4.78, 5) is 23.8. The molecule has 2 amide bonds. The Morgan fingerprint density at radius 3 is 1.33 bits per heavy atom. The number of hydrogen-bond donors (Lipinski definition) is 2. The van der Waals surface area contributed by atoms with Gasteiger partial charge in [-0.2, -0.15) is 0 Å². The summed E-state index contributed by atoms with van der Waals surface area (Å²) >= 11 is 0. The summed E-state index contributed by atoms with van der Waals surface area (Å²) in [7, 11) is 0. The van der Waals surface area contributed by atoms with Gasteiger partial charge in [-0.1, -0.05) is 27.0 Å². The fourth-order valence-corrected chi connectivity index (χ4v) is 2.14. The smallest absolute Gasteiger partial charge is 0.246 e. The van der Waals surface area contributed by atoms with Gasteiger partial charge in [0.1, 0.15) is 0 Å². The molecule has 4 nitrogen and oxygen atoms in total. The normalized spacial score (nSPS) is 16.3. The van der Waals surface area contributed by atoms with Crippen LogP contribution in [0.3, 0.4) is 0 Å². The molecule has 2 atom stereocenters. The standard InChI is InChI=1S/C17H30N2O2/c1-9-16(7,18-14(20)12(3)4)11-17(8,10-2)19-15(21)13(5)6/h3,5,9-11H2,1-2,4,6-8H3,(H,18,20)(H,19,21). The summed E-state index contributed by atoms with van der Waals surface area (Å²) in [6, 6.07) is 0. The highest BCUT2D eigenvalue weighted by atomic mass is 16.2. The van der Waals surface area contributed by atoms with Crippen molar-refractivity contribution >= 4 is 11.8 Å². The Balaban J connectivity index is 5.12. The SMILES string of the molecule is C=C(C)C(=O)NC(C)(CC)CC(C)(CC)NC(=O)C(=C)C. The first-order valence-electron chi connectivity index (χ1n) is 7.44. The largest absolute Gasteiger partial charge is 0.347 e. The van der Waals surface area contributed by atoms with Gasteiger partial charge in [0, 0.05) is 22.2 Å². The van der Waals surface area contributed by atoms with Gasteiger partial charge in [-0.15, -0.1) is 0 Å². The second kappa shape index (κ2) is 7.43. The molecule has 0 rings (SSSR count). The number of hydrogen-bond acceptors (Lipinski definition) is 2. The molecule has 0 aliphatic rings. The van der Waals surface area contributed by atoms with Gasteiger partial charge in [0.05, 0.1) is 0 Å². The molecule has 0 heterocycles. The van der Waals surface area contributed by atoms with Crippen molar-refractivity contribution in [2.75, 3.05) is 0 Å². The van der Waals surface area contributed by atoms with Crippen LogP contribution in [-0.4, -0.2) is 22.9 Å². The summed E-state index contributed by atoms with van der Waals surface area (Å²) < 4.78 is 0. The molecule has 0 spiro atoms. The van der Waals surface area contributed by atoms with E-state index in [1.54, 1.807) is 13.8 Å². The van der Waals surface area contributed by atoms with E-state index in [2.05, 4.69) is 23.8 Å². The van der Waals surface area contributed by atoms with Gasteiger partial charge < -0.3 is 10.6 Å². The number of carbonyl (C=O) groups excluding carboxylic acids is 2. The summed E-state index contributed by atoms with van der Waals surface area (Å²) in [6.07, 6.45) is 2.18. The molecule has 4 heteroatoms. The highest BCUT2D eigenvalue weighted by molar-refractivity contribution is 5.93. The number of carbonyl (C=O) groups is 2. The van der Waals surface area contributed by atoms with E-state index in [9.17, 15) is 9.59 Å². The van der Waals surface area contributed by atoms with Crippen LogP contribution in [-0.2, 0) is 9.59 Å². The topological polar surface area (TPSA) is 58.2 Å². The highest BCUT2D eigenvalue weighted by Gasteiger charge is 2.35. The van der Waals surface area contributed by atoms with Crippen molar-refractivity contribution in [1.82, 2.24) is 10.6 Å². The van der Waals surface area contributed by atoms with Crippen LogP contribution in [0.15, 0.2) is 24.3 Å². The molecule has 0 aromatic carbocycles. The zero-order valence-electron chi connectivity index (χ0n) is 14.4. The maximum absolute atomic E-state index is 11.9. The highest BCUT2D eigenvalue weighted by Crippen LogP contribution is 2.26. The molecule has 0 saturated carbocycles. The van der Waals surface area contributed by atoms with Crippen molar-refractivity contribution in [3.8, 4) is 0 Å². The molecule has 0 aliphatic carbocycles. The van der Waals surface area contributed by atoms with E-state index in [-0.39, 0.29) is 11.8 Å². The monoisotopic (exact) mass is 294 g/mol. The summed E-state index contributed by atoms with van der Waals surface area (Å²) in [5, 5.41) is 6.05. The van der Waals surface area contributed by atoms with Crippen molar-refractivity contribution in [2.45, 2.75) is 71.9 Å². The third-order valence-corrected chi connectivity index (χ3v) is 3.95. The molecule has 0 fully saturated rings. The number of rotatable bonds is 8. The Morgan fingerprint density at radius 2 is 1.14 bits per heavy atom. The maximum atomic E-state index is 11.9. The second-order valence-electron chi connectivity index (χ2n) is 6.47. The molecule has 0 radical (unpaired) electrons. The minimum atomic E-state index is -0.400. The van der Waals surface area contributed by atoms with Gasteiger partial charge in [-0.05, 0) is 47.0 Å². The Labute approximate surface area is 129 Å². The summed E-state index contributed by atoms with van der Waals surface area (Å²) in [5.41, 5.74) is 0.171. The van der Waals surface area contributed by atoms with Gasteiger partial charge >= 0.3 is 0 Å². The van der Waals surface area contributed by atoms with Crippen LogP contribution in [0.25, 0.3) is 0 Å². The number of amides is 2. The van der Waals surface area contributed by atoms with Crippen LogP contribution < -0.4 is 10.6 Å². The molecular formula is C17H30N2O2. The summed E-state index contributed by atoms with van der Waals surface area (Å²) in [5.74, 6) is -0.298. The first-order chi connectivity index (χ1) is 9.48. The van der Waals surface area contributed by atoms with Crippen molar-refractivity contribution in [3.05, 3.63) is 24.3 Å². The fourth-order valence-electron chi connectivity index (χ4n) is 2.14. The van der Waals surface area contributed by atoms with Gasteiger partial charge in [0.2, 0.25) is 11.8 Å². The second-order valence-corrected chi connectivity index (χ2v) is 6.47. The van der Waals surface area contributed by atoms with Crippen molar-refractivity contribution in [3.63, 3.8) is 0 Å². The maximum Gasteiger partial charge on any atom is 0.246 e. The third-order valence-electron chi connectivity index (χ3n) is 3.95. The van der Waals surface area contributed by atoms with Gasteiger partial charge in [-0.25, -0.2) is 0 Å². The zero-order chi connectivity index (χ0) is 16.8. The average Bonchev–Trinajstić information content (AvgIpc) is 2.37. The fraction of sp³-hybridized carbons (Fsp3) is 0.647. The van der Waals surface area contributed by atoms with E-state index in [1.807, 2.05) is 27.7 Å². The Kier molecular flexibility index (Phi) is 6.88. The van der Waals surface area contributed by atoms with Gasteiger partial charge in [-0.3, -0.25) is 9.59 Å². The van der Waals surface area contributed by atoms with Crippen molar-refractivity contribution in [2.24, 2.45) is 0 Å². The lowest BCUT2D eigenvalue weighted by atomic mass is 9.80. The van der Waals surface area contributed by atoms with Crippen LogP contribution in [0, 0.1) is 0 Å². The molecule has 2 unspecified atom stereocenters. The average molecular weight is 294 g/mol. The van der Waals surface area contributed by atoms with E-state index < -0.39 is 11.1 Å². The van der Waals surface area contributed by atoms with E-state index in [4.69, 9.17) is 0 Å². The predicted molar refractivity (Wildman–Crippen MR) is 87.9 cm³/mol. The molecule has 0 saturated heterocycles.